The zero-order valence-corrected chi connectivity index (χ0v) is 11.8. The van der Waals surface area contributed by atoms with Crippen molar-refractivity contribution in [3.8, 4) is 0 Å². The molecule has 0 aliphatic carbocycles. The van der Waals surface area contributed by atoms with Gasteiger partial charge in [0, 0.05) is 18.7 Å². The molecule has 0 amide bonds. The Balaban J connectivity index is 2.83. The van der Waals surface area contributed by atoms with Crippen molar-refractivity contribution in [3.63, 3.8) is 0 Å². The fourth-order valence-corrected chi connectivity index (χ4v) is 1.99. The van der Waals surface area contributed by atoms with E-state index in [2.05, 4.69) is 17.6 Å². The molecule has 0 saturated heterocycles. The fraction of sp³-hybridized carbons (Fsp3) is 0.500. The molecular weight excluding hydrogens is 268 g/mol. The van der Waals surface area contributed by atoms with Crippen LogP contribution in [0.15, 0.2) is 12.1 Å². The number of anilines is 2. The number of nitro benzene ring substituents is 1. The number of rotatable bonds is 7. The third-order valence-corrected chi connectivity index (χ3v) is 3.15. The SMILES string of the molecule is CCNC(CC)CNc1cc([N+](=O)[O-])c(N)cc1Cl. The van der Waals surface area contributed by atoms with Gasteiger partial charge in [-0.2, -0.15) is 0 Å². The van der Waals surface area contributed by atoms with Gasteiger partial charge in [0.1, 0.15) is 5.69 Å². The second kappa shape index (κ2) is 7.16. The second-order valence-corrected chi connectivity index (χ2v) is 4.60. The van der Waals surface area contributed by atoms with Crippen molar-refractivity contribution in [1.29, 1.82) is 0 Å². The maximum absolute atomic E-state index is 10.8. The lowest BCUT2D eigenvalue weighted by molar-refractivity contribution is -0.383. The molecule has 19 heavy (non-hydrogen) atoms. The van der Waals surface area contributed by atoms with Crippen LogP contribution in [-0.4, -0.2) is 24.1 Å². The minimum atomic E-state index is -0.515. The van der Waals surface area contributed by atoms with Crippen LogP contribution in [0.25, 0.3) is 0 Å². The first-order valence-electron chi connectivity index (χ1n) is 6.20. The average Bonchev–Trinajstić information content (AvgIpc) is 2.35. The molecule has 106 valence electrons. The Morgan fingerprint density at radius 2 is 2.16 bits per heavy atom. The van der Waals surface area contributed by atoms with E-state index in [1.807, 2.05) is 6.92 Å². The molecule has 1 aromatic carbocycles. The molecule has 0 bridgehead atoms. The number of halogens is 1. The molecule has 0 spiro atoms. The Morgan fingerprint density at radius 1 is 1.47 bits per heavy atom. The molecule has 1 rings (SSSR count). The number of nitrogens with zero attached hydrogens (tertiary/aromatic N) is 1. The molecule has 1 unspecified atom stereocenters. The lowest BCUT2D eigenvalue weighted by atomic mass is 10.2. The van der Waals surface area contributed by atoms with E-state index in [4.69, 9.17) is 17.3 Å². The number of benzene rings is 1. The maximum Gasteiger partial charge on any atom is 0.294 e. The molecule has 0 aromatic heterocycles. The lowest BCUT2D eigenvalue weighted by Gasteiger charge is -2.18. The standard InChI is InChI=1S/C12H19ClN4O2/c1-3-8(15-4-2)7-16-11-6-12(17(18)19)10(14)5-9(11)13/h5-6,8,15-16H,3-4,7,14H2,1-2H3. The molecule has 0 aliphatic rings. The Morgan fingerprint density at radius 3 is 2.68 bits per heavy atom. The highest BCUT2D eigenvalue weighted by molar-refractivity contribution is 6.33. The fourth-order valence-electron chi connectivity index (χ4n) is 1.75. The summed E-state index contributed by atoms with van der Waals surface area (Å²) in [4.78, 5) is 10.3. The summed E-state index contributed by atoms with van der Waals surface area (Å²) in [5, 5.41) is 17.6. The van der Waals surface area contributed by atoms with Crippen LogP contribution in [0.3, 0.4) is 0 Å². The van der Waals surface area contributed by atoms with Crippen LogP contribution in [0.2, 0.25) is 5.02 Å². The average molecular weight is 287 g/mol. The monoisotopic (exact) mass is 286 g/mol. The van der Waals surface area contributed by atoms with E-state index in [1.165, 1.54) is 12.1 Å². The van der Waals surface area contributed by atoms with Crippen LogP contribution >= 0.6 is 11.6 Å². The number of hydrogen-bond donors (Lipinski definition) is 3. The van der Waals surface area contributed by atoms with E-state index < -0.39 is 4.92 Å². The highest BCUT2D eigenvalue weighted by atomic mass is 35.5. The van der Waals surface area contributed by atoms with Crippen molar-refractivity contribution in [2.75, 3.05) is 24.1 Å². The molecule has 1 atom stereocenters. The second-order valence-electron chi connectivity index (χ2n) is 4.19. The summed E-state index contributed by atoms with van der Waals surface area (Å²) in [6, 6.07) is 3.06. The molecule has 1 aromatic rings. The molecule has 0 heterocycles. The van der Waals surface area contributed by atoms with Crippen molar-refractivity contribution in [2.24, 2.45) is 0 Å². The quantitative estimate of drug-likeness (QED) is 0.407. The Labute approximate surface area is 117 Å². The molecule has 0 saturated carbocycles. The first kappa shape index (κ1) is 15.5. The van der Waals surface area contributed by atoms with Gasteiger partial charge in [-0.1, -0.05) is 25.4 Å². The predicted molar refractivity (Wildman–Crippen MR) is 78.8 cm³/mol. The van der Waals surface area contributed by atoms with Gasteiger partial charge in [0.15, 0.2) is 0 Å². The number of likely N-dealkylation sites (N-methyl/N-ethyl adjacent to an activating group) is 1. The van der Waals surface area contributed by atoms with Crippen LogP contribution in [0.4, 0.5) is 17.1 Å². The molecule has 6 nitrogen and oxygen atoms in total. The van der Waals surface area contributed by atoms with Gasteiger partial charge < -0.3 is 16.4 Å². The number of nitrogen functional groups attached to an aromatic ring is 1. The lowest BCUT2D eigenvalue weighted by Crippen LogP contribution is -2.34. The van der Waals surface area contributed by atoms with Crippen molar-refractivity contribution >= 4 is 28.7 Å². The normalized spacial score (nSPS) is 12.2. The largest absolute Gasteiger partial charge is 0.393 e. The first-order chi connectivity index (χ1) is 8.99. The van der Waals surface area contributed by atoms with Gasteiger partial charge in [-0.25, -0.2) is 0 Å². The number of nitrogens with two attached hydrogens (primary N) is 1. The van der Waals surface area contributed by atoms with Gasteiger partial charge in [0.05, 0.1) is 15.6 Å². The van der Waals surface area contributed by atoms with E-state index in [0.717, 1.165) is 13.0 Å². The third kappa shape index (κ3) is 4.25. The van der Waals surface area contributed by atoms with E-state index in [1.54, 1.807) is 0 Å². The van der Waals surface area contributed by atoms with Crippen molar-refractivity contribution in [2.45, 2.75) is 26.3 Å². The van der Waals surface area contributed by atoms with Crippen molar-refractivity contribution in [3.05, 3.63) is 27.3 Å². The highest BCUT2D eigenvalue weighted by Crippen LogP contribution is 2.32. The first-order valence-corrected chi connectivity index (χ1v) is 6.58. The zero-order valence-electron chi connectivity index (χ0n) is 11.1. The summed E-state index contributed by atoms with van der Waals surface area (Å²) >= 11 is 6.02. The summed E-state index contributed by atoms with van der Waals surface area (Å²) < 4.78 is 0. The van der Waals surface area contributed by atoms with Crippen molar-refractivity contribution in [1.82, 2.24) is 5.32 Å². The van der Waals surface area contributed by atoms with Crippen LogP contribution in [0, 0.1) is 10.1 Å². The molecule has 0 fully saturated rings. The van der Waals surface area contributed by atoms with E-state index in [-0.39, 0.29) is 17.4 Å². The number of hydrogen-bond acceptors (Lipinski definition) is 5. The van der Waals surface area contributed by atoms with Crippen molar-refractivity contribution < 1.29 is 4.92 Å². The van der Waals surface area contributed by atoms with Gasteiger partial charge in [0.2, 0.25) is 0 Å². The predicted octanol–water partition coefficient (Wildman–Crippen LogP) is 2.63. The van der Waals surface area contributed by atoms with Gasteiger partial charge in [-0.3, -0.25) is 10.1 Å². The number of nitrogens with one attached hydrogen (secondary N) is 2. The Hall–Kier alpha value is -1.53. The third-order valence-electron chi connectivity index (χ3n) is 2.84. The number of nitro groups is 1. The molecule has 7 heteroatoms. The van der Waals surface area contributed by atoms with Crippen LogP contribution in [0.1, 0.15) is 20.3 Å². The van der Waals surface area contributed by atoms with Gasteiger partial charge in [-0.05, 0) is 19.0 Å². The van der Waals surface area contributed by atoms with Gasteiger partial charge in [-0.15, -0.1) is 0 Å². The van der Waals surface area contributed by atoms with E-state index in [9.17, 15) is 10.1 Å². The molecular formula is C12H19ClN4O2. The van der Waals surface area contributed by atoms with Gasteiger partial charge in [0.25, 0.3) is 5.69 Å². The summed E-state index contributed by atoms with van der Waals surface area (Å²) in [6.07, 6.45) is 0.954. The molecule has 0 radical (unpaired) electrons. The minimum Gasteiger partial charge on any atom is -0.393 e. The smallest absolute Gasteiger partial charge is 0.294 e. The summed E-state index contributed by atoms with van der Waals surface area (Å²) in [5.74, 6) is 0. The Kier molecular flexibility index (Phi) is 5.85. The van der Waals surface area contributed by atoms with E-state index in [0.29, 0.717) is 17.3 Å². The minimum absolute atomic E-state index is 0.0688. The van der Waals surface area contributed by atoms with Crippen LogP contribution < -0.4 is 16.4 Å². The topological polar surface area (TPSA) is 93.2 Å². The molecule has 0 aliphatic heterocycles. The zero-order chi connectivity index (χ0) is 14.4. The summed E-state index contributed by atoms with van der Waals surface area (Å²) in [5.41, 5.74) is 6.01. The summed E-state index contributed by atoms with van der Waals surface area (Å²) in [7, 11) is 0. The Bertz CT molecular complexity index is 454. The van der Waals surface area contributed by atoms with Gasteiger partial charge >= 0.3 is 0 Å². The molecule has 4 N–H and O–H groups in total. The highest BCUT2D eigenvalue weighted by Gasteiger charge is 2.15. The van der Waals surface area contributed by atoms with Crippen LogP contribution in [0.5, 0.6) is 0 Å². The maximum atomic E-state index is 10.8. The van der Waals surface area contributed by atoms with E-state index >= 15 is 0 Å². The van der Waals surface area contributed by atoms with Crippen LogP contribution in [-0.2, 0) is 0 Å². The summed E-state index contributed by atoms with van der Waals surface area (Å²) in [6.45, 7) is 5.62.